The Kier molecular flexibility index (Phi) is 7.43. The first-order valence-corrected chi connectivity index (χ1v) is 14.4. The maximum absolute atomic E-state index is 12.3. The normalized spacial score (nSPS) is 20.3. The van der Waals surface area contributed by atoms with Crippen LogP contribution in [0.15, 0.2) is 30.6 Å². The number of pyridine rings is 3. The van der Waals surface area contributed by atoms with E-state index in [1.165, 1.54) is 0 Å². The van der Waals surface area contributed by atoms with Gasteiger partial charge >= 0.3 is 5.97 Å². The number of carbonyl (C=O) groups is 1. The van der Waals surface area contributed by atoms with Gasteiger partial charge in [0.05, 0.1) is 23.8 Å². The van der Waals surface area contributed by atoms with Crippen LogP contribution in [0.25, 0.3) is 10.8 Å². The molecule has 10 heteroatoms. The number of nitrogens with two attached hydrogens (primary N) is 1. The van der Waals surface area contributed by atoms with E-state index in [0.29, 0.717) is 28.8 Å². The van der Waals surface area contributed by atoms with Gasteiger partial charge < -0.3 is 20.5 Å². The van der Waals surface area contributed by atoms with Crippen molar-refractivity contribution in [2.45, 2.75) is 58.1 Å². The quantitative estimate of drug-likeness (QED) is 0.377. The van der Waals surface area contributed by atoms with E-state index in [2.05, 4.69) is 21.2 Å². The second kappa shape index (κ2) is 10.3. The average molecular weight is 526 g/mol. The molecule has 5 heterocycles. The third-order valence-corrected chi connectivity index (χ3v) is 9.01. The molecule has 0 aromatic carbocycles. The van der Waals surface area contributed by atoms with Crippen LogP contribution < -0.4 is 15.8 Å². The minimum absolute atomic E-state index is 0.0449. The van der Waals surface area contributed by atoms with E-state index >= 15 is 0 Å². The van der Waals surface area contributed by atoms with Gasteiger partial charge in [-0.2, -0.15) is 0 Å². The van der Waals surface area contributed by atoms with Crippen LogP contribution in [-0.4, -0.2) is 55.2 Å². The highest BCUT2D eigenvalue weighted by Crippen LogP contribution is 2.38. The van der Waals surface area contributed by atoms with Crippen LogP contribution in [0.4, 0.5) is 11.6 Å². The fourth-order valence-electron chi connectivity index (χ4n) is 4.45. The molecule has 2 aliphatic heterocycles. The first-order chi connectivity index (χ1) is 17.4. The van der Waals surface area contributed by atoms with Crippen molar-refractivity contribution in [1.82, 2.24) is 15.0 Å². The van der Waals surface area contributed by atoms with Crippen LogP contribution in [0.2, 0.25) is 0 Å². The Morgan fingerprint density at radius 2 is 1.89 bits per heavy atom. The summed E-state index contributed by atoms with van der Waals surface area (Å²) in [5, 5.41) is 4.93. The van der Waals surface area contributed by atoms with E-state index in [1.54, 1.807) is 31.6 Å². The Bertz CT molecular complexity index is 1420. The minimum atomic E-state index is -1.55. The molecule has 198 valence electrons. The Balaban J connectivity index is 0.000000396. The second-order valence-electron chi connectivity index (χ2n) is 10.2. The summed E-state index contributed by atoms with van der Waals surface area (Å²) in [5.41, 5.74) is 7.61. The highest BCUT2D eigenvalue weighted by molar-refractivity contribution is 8.00. The van der Waals surface area contributed by atoms with Gasteiger partial charge in [-0.25, -0.2) is 19.7 Å². The number of hydrogen-bond acceptors (Lipinski definition) is 9. The molecule has 5 rings (SSSR count). The number of hydrogen-bond donors (Lipinski definition) is 2. The molecule has 9 nitrogen and oxygen atoms in total. The SMILES string of the molecule is C=S1(=O)CCCC1.COc1ncc(C(C)N)c2cc(Nc3ccc4c(n3)C(C)C(C)(C)OC4=O)ncc12. The lowest BCUT2D eigenvalue weighted by Gasteiger charge is -2.36. The summed E-state index contributed by atoms with van der Waals surface area (Å²) >= 11 is 0. The third kappa shape index (κ3) is 5.70. The minimum Gasteiger partial charge on any atom is -0.481 e. The van der Waals surface area contributed by atoms with Gasteiger partial charge in [-0.15, -0.1) is 0 Å². The van der Waals surface area contributed by atoms with Crippen molar-refractivity contribution in [2.75, 3.05) is 23.9 Å². The lowest BCUT2D eigenvalue weighted by Crippen LogP contribution is -2.39. The molecule has 2 aliphatic rings. The number of methoxy groups -OCH3 is 1. The average Bonchev–Trinajstić information content (AvgIpc) is 3.25. The van der Waals surface area contributed by atoms with Gasteiger partial charge in [0.15, 0.2) is 0 Å². The number of aromatic nitrogens is 3. The van der Waals surface area contributed by atoms with Crippen LogP contribution >= 0.6 is 0 Å². The second-order valence-corrected chi connectivity index (χ2v) is 12.9. The van der Waals surface area contributed by atoms with E-state index in [1.807, 2.05) is 33.8 Å². The van der Waals surface area contributed by atoms with E-state index < -0.39 is 15.1 Å². The zero-order valence-corrected chi connectivity index (χ0v) is 22.9. The zero-order valence-electron chi connectivity index (χ0n) is 22.0. The van der Waals surface area contributed by atoms with Crippen molar-refractivity contribution in [3.05, 3.63) is 47.4 Å². The first kappa shape index (κ1) is 26.8. The van der Waals surface area contributed by atoms with Crippen molar-refractivity contribution >= 4 is 43.8 Å². The number of nitrogens with one attached hydrogen (secondary N) is 1. The summed E-state index contributed by atoms with van der Waals surface area (Å²) in [4.78, 5) is 25.8. The largest absolute Gasteiger partial charge is 0.481 e. The van der Waals surface area contributed by atoms with Crippen molar-refractivity contribution in [3.8, 4) is 5.88 Å². The number of cyclic esters (lactones) is 1. The molecule has 0 amide bonds. The van der Waals surface area contributed by atoms with Gasteiger partial charge in [-0.3, -0.25) is 4.21 Å². The molecule has 37 heavy (non-hydrogen) atoms. The summed E-state index contributed by atoms with van der Waals surface area (Å²) in [6, 6.07) is 5.19. The van der Waals surface area contributed by atoms with Crippen LogP contribution in [0.1, 0.15) is 74.1 Å². The van der Waals surface area contributed by atoms with Gasteiger partial charge in [0.1, 0.15) is 17.2 Å². The molecule has 2 unspecified atom stereocenters. The van der Waals surface area contributed by atoms with E-state index in [9.17, 15) is 9.00 Å². The summed E-state index contributed by atoms with van der Waals surface area (Å²) in [6.07, 6.45) is 5.68. The van der Waals surface area contributed by atoms with Gasteiger partial charge in [0.2, 0.25) is 5.88 Å². The third-order valence-electron chi connectivity index (χ3n) is 6.94. The predicted octanol–water partition coefficient (Wildman–Crippen LogP) is 4.35. The molecule has 3 aromatic heterocycles. The van der Waals surface area contributed by atoms with Crippen molar-refractivity contribution in [1.29, 1.82) is 0 Å². The first-order valence-electron chi connectivity index (χ1n) is 12.3. The lowest BCUT2D eigenvalue weighted by atomic mass is 9.84. The maximum atomic E-state index is 12.3. The summed E-state index contributed by atoms with van der Waals surface area (Å²) in [5.74, 6) is 6.64. The number of nitrogens with zero attached hydrogens (tertiary/aromatic N) is 3. The van der Waals surface area contributed by atoms with Gasteiger partial charge in [0, 0.05) is 35.9 Å². The van der Waals surface area contributed by atoms with Crippen molar-refractivity contribution < 1.29 is 18.5 Å². The topological polar surface area (TPSA) is 129 Å². The maximum Gasteiger partial charge on any atom is 0.340 e. The van der Waals surface area contributed by atoms with Crippen LogP contribution in [0.3, 0.4) is 0 Å². The monoisotopic (exact) mass is 525 g/mol. The fourth-order valence-corrected chi connectivity index (χ4v) is 6.11. The molecule has 3 aromatic rings. The van der Waals surface area contributed by atoms with Crippen LogP contribution in [0.5, 0.6) is 5.88 Å². The number of fused-ring (bicyclic) bond motifs is 2. The predicted molar refractivity (Wildman–Crippen MR) is 148 cm³/mol. The highest BCUT2D eigenvalue weighted by Gasteiger charge is 2.40. The molecular formula is C27H35N5O4S. The van der Waals surface area contributed by atoms with Crippen molar-refractivity contribution in [3.63, 3.8) is 0 Å². The molecule has 1 fully saturated rings. The van der Waals surface area contributed by atoms with E-state index in [4.69, 9.17) is 20.2 Å². The fraction of sp³-hybridized carbons (Fsp3) is 0.444. The highest BCUT2D eigenvalue weighted by atomic mass is 32.2. The Morgan fingerprint density at radius 1 is 1.19 bits per heavy atom. The Hall–Kier alpha value is -3.24. The molecule has 2 atom stereocenters. The number of ether oxygens (including phenoxy) is 2. The summed E-state index contributed by atoms with van der Waals surface area (Å²) in [6.45, 7) is 7.69. The lowest BCUT2D eigenvalue weighted by molar-refractivity contribution is -0.0189. The Morgan fingerprint density at radius 3 is 2.49 bits per heavy atom. The molecule has 0 radical (unpaired) electrons. The smallest absolute Gasteiger partial charge is 0.340 e. The Labute approximate surface area is 218 Å². The number of carbonyl (C=O) groups excluding carboxylic acids is 1. The van der Waals surface area contributed by atoms with Gasteiger partial charge in [0.25, 0.3) is 0 Å². The van der Waals surface area contributed by atoms with Gasteiger partial charge in [-0.05, 0) is 78.2 Å². The number of rotatable bonds is 4. The van der Waals surface area contributed by atoms with Crippen LogP contribution in [0, 0.1) is 0 Å². The standard InChI is InChI=1S/C22H25N5O3.C5H10OS/c1-11-19-13(21(28)30-22(11,3)4)6-7-17(27-19)26-18-8-14-15(12(2)23)9-25-20(29-5)16(14)10-24-18;1-7(6)4-2-3-5-7/h6-12H,23H2,1-5H3,(H,24,26,27);1-5H2. The molecule has 0 aliphatic carbocycles. The van der Waals surface area contributed by atoms with E-state index in [-0.39, 0.29) is 17.9 Å². The number of esters is 1. The molecule has 3 N–H and O–H groups in total. The molecule has 0 saturated carbocycles. The molecule has 0 bridgehead atoms. The molecule has 1 saturated heterocycles. The zero-order chi connectivity index (χ0) is 27.0. The van der Waals surface area contributed by atoms with Crippen molar-refractivity contribution in [2.24, 2.45) is 5.73 Å². The number of anilines is 2. The van der Waals surface area contributed by atoms with Gasteiger partial charge in [-0.1, -0.05) is 6.92 Å². The molecule has 0 spiro atoms. The van der Waals surface area contributed by atoms with Crippen LogP contribution in [-0.2, 0) is 14.3 Å². The molecular weight excluding hydrogens is 490 g/mol. The summed E-state index contributed by atoms with van der Waals surface area (Å²) in [7, 11) is 0.0273. The summed E-state index contributed by atoms with van der Waals surface area (Å²) < 4.78 is 21.8. The van der Waals surface area contributed by atoms with E-state index in [0.717, 1.165) is 40.7 Å².